The lowest BCUT2D eigenvalue weighted by Crippen LogP contribution is -2.07. The largest absolute Gasteiger partial charge is 0.314 e. The highest BCUT2D eigenvalue weighted by Gasteiger charge is 2.34. The Kier molecular flexibility index (Phi) is 4.37. The molecule has 0 spiro atoms. The van der Waals surface area contributed by atoms with E-state index in [-0.39, 0.29) is 0 Å². The fraction of sp³-hybridized carbons (Fsp3) is 0.0333. The van der Waals surface area contributed by atoms with Crippen LogP contribution in [-0.4, -0.2) is 6.66 Å². The van der Waals surface area contributed by atoms with Gasteiger partial charge in [-0.15, -0.1) is 0 Å². The van der Waals surface area contributed by atoms with E-state index in [1.165, 1.54) is 10.8 Å². The van der Waals surface area contributed by atoms with Crippen molar-refractivity contribution in [2.45, 2.75) is 0 Å². The molecule has 0 aromatic heterocycles. The number of hydrogen-bond donors (Lipinski definition) is 0. The molecule has 1 aliphatic rings. The molecule has 0 N–H and O–H groups in total. The predicted octanol–water partition coefficient (Wildman–Crippen LogP) is 6.97. The fourth-order valence-corrected chi connectivity index (χ4v) is 7.31. The summed E-state index contributed by atoms with van der Waals surface area (Å²) in [6.07, 6.45) is 0. The molecule has 0 fully saturated rings. The maximum absolute atomic E-state index is 13.5. The monoisotopic (exact) mass is 441 g/mol. The zero-order valence-electron chi connectivity index (χ0n) is 18.1. The van der Waals surface area contributed by atoms with Crippen molar-refractivity contribution in [1.29, 1.82) is 5.26 Å². The molecule has 5 aromatic rings. The Labute approximate surface area is 193 Å². The molecule has 33 heavy (non-hydrogen) atoms. The third kappa shape index (κ3) is 2.98. The summed E-state index contributed by atoms with van der Waals surface area (Å²) in [6, 6.07) is 37.1. The van der Waals surface area contributed by atoms with E-state index in [4.69, 9.17) is 5.26 Å². The van der Waals surface area contributed by atoms with Gasteiger partial charge >= 0.3 is 0 Å². The van der Waals surface area contributed by atoms with Crippen LogP contribution in [0.2, 0.25) is 0 Å². The van der Waals surface area contributed by atoms with Gasteiger partial charge < -0.3 is 4.57 Å². The second-order valence-corrected chi connectivity index (χ2v) is 11.4. The molecule has 156 valence electrons. The van der Waals surface area contributed by atoms with Gasteiger partial charge in [-0.2, -0.15) is 5.26 Å². The maximum Gasteiger partial charge on any atom is 0.141 e. The summed E-state index contributed by atoms with van der Waals surface area (Å²) >= 11 is 0. The summed E-state index contributed by atoms with van der Waals surface area (Å²) in [4.78, 5) is 0. The Bertz CT molecular complexity index is 1660. The summed E-state index contributed by atoms with van der Waals surface area (Å²) in [7, 11) is -2.56. The van der Waals surface area contributed by atoms with E-state index in [9.17, 15) is 4.57 Å². The molecule has 1 unspecified atom stereocenters. The van der Waals surface area contributed by atoms with Gasteiger partial charge in [-0.05, 0) is 75.1 Å². The molecule has 0 radical (unpaired) electrons. The Morgan fingerprint density at radius 2 is 1.18 bits per heavy atom. The number of fused-ring (bicyclic) bond motifs is 4. The molecule has 2 nitrogen and oxygen atoms in total. The highest BCUT2D eigenvalue weighted by molar-refractivity contribution is 7.79. The van der Waals surface area contributed by atoms with Gasteiger partial charge in [0.1, 0.15) is 7.14 Å². The number of hydrogen-bond acceptors (Lipinski definition) is 2. The van der Waals surface area contributed by atoms with Crippen molar-refractivity contribution in [3.05, 3.63) is 109 Å². The van der Waals surface area contributed by atoms with Gasteiger partial charge in [-0.3, -0.25) is 0 Å². The van der Waals surface area contributed by atoms with E-state index >= 15 is 0 Å². The molecule has 0 bridgehead atoms. The van der Waals surface area contributed by atoms with Gasteiger partial charge in [0, 0.05) is 10.6 Å². The molecule has 3 heteroatoms. The van der Waals surface area contributed by atoms with Crippen molar-refractivity contribution in [2.24, 2.45) is 0 Å². The average Bonchev–Trinajstić information content (AvgIpc) is 3.10. The summed E-state index contributed by atoms with van der Waals surface area (Å²) in [5.74, 6) is 0. The fourth-order valence-electron chi connectivity index (χ4n) is 5.02. The van der Waals surface area contributed by atoms with Crippen LogP contribution in [-0.2, 0) is 4.57 Å². The van der Waals surface area contributed by atoms with Crippen LogP contribution in [0.4, 0.5) is 0 Å². The molecule has 0 saturated heterocycles. The standard InChI is InChI=1S/C30H20NOP/c1-33(32)29-9-5-4-8-27(29)28-18-22(14-17-30(28)33)24-16-15-23(25-6-2-3-7-26(24)25)21-12-10-20(19-31)11-13-21/h2-18H,1H3. The van der Waals surface area contributed by atoms with Gasteiger partial charge in [0.25, 0.3) is 0 Å². The summed E-state index contributed by atoms with van der Waals surface area (Å²) in [6.45, 7) is 1.87. The smallest absolute Gasteiger partial charge is 0.141 e. The van der Waals surface area contributed by atoms with E-state index in [1.54, 1.807) is 0 Å². The highest BCUT2D eigenvalue weighted by atomic mass is 31.2. The van der Waals surface area contributed by atoms with E-state index in [0.717, 1.165) is 44.0 Å². The molecule has 0 amide bonds. The van der Waals surface area contributed by atoms with Gasteiger partial charge in [0.15, 0.2) is 0 Å². The van der Waals surface area contributed by atoms with Crippen LogP contribution in [0.3, 0.4) is 0 Å². The van der Waals surface area contributed by atoms with E-state index in [1.807, 2.05) is 49.1 Å². The first-order chi connectivity index (χ1) is 16.1. The quantitative estimate of drug-likeness (QED) is 0.278. The highest BCUT2D eigenvalue weighted by Crippen LogP contribution is 2.50. The summed E-state index contributed by atoms with van der Waals surface area (Å²) in [5, 5.41) is 13.4. The average molecular weight is 441 g/mol. The minimum absolute atomic E-state index is 0.659. The Morgan fingerprint density at radius 3 is 1.88 bits per heavy atom. The summed E-state index contributed by atoms with van der Waals surface area (Å²) < 4.78 is 13.5. The Morgan fingerprint density at radius 1 is 0.606 bits per heavy atom. The first-order valence-electron chi connectivity index (χ1n) is 10.9. The maximum atomic E-state index is 13.5. The molecule has 1 atom stereocenters. The first kappa shape index (κ1) is 19.7. The predicted molar refractivity (Wildman–Crippen MR) is 138 cm³/mol. The van der Waals surface area contributed by atoms with Gasteiger partial charge in [0.05, 0.1) is 11.6 Å². The molecular weight excluding hydrogens is 421 g/mol. The number of nitriles is 1. The zero-order chi connectivity index (χ0) is 22.6. The SMILES string of the molecule is CP1(=O)c2ccccc2-c2cc(-c3ccc(-c4ccc(C#N)cc4)c4ccccc34)ccc21. The van der Waals surface area contributed by atoms with Gasteiger partial charge in [0.2, 0.25) is 0 Å². The van der Waals surface area contributed by atoms with Crippen molar-refractivity contribution in [3.8, 4) is 39.4 Å². The zero-order valence-corrected chi connectivity index (χ0v) is 19.0. The van der Waals surface area contributed by atoms with E-state index in [2.05, 4.69) is 66.7 Å². The molecular formula is C30H20NOP. The lowest BCUT2D eigenvalue weighted by Gasteiger charge is -2.14. The second-order valence-electron chi connectivity index (χ2n) is 8.57. The van der Waals surface area contributed by atoms with E-state index in [0.29, 0.717) is 5.56 Å². The van der Waals surface area contributed by atoms with Crippen LogP contribution < -0.4 is 10.6 Å². The number of benzene rings is 5. The third-order valence-corrected chi connectivity index (χ3v) is 9.29. The number of nitrogens with zero attached hydrogens (tertiary/aromatic N) is 1. The minimum atomic E-state index is -2.56. The minimum Gasteiger partial charge on any atom is -0.314 e. The molecule has 5 aromatic carbocycles. The Balaban J connectivity index is 1.55. The normalized spacial score (nSPS) is 16.2. The van der Waals surface area contributed by atoms with Crippen LogP contribution in [0.5, 0.6) is 0 Å². The molecule has 6 rings (SSSR count). The van der Waals surface area contributed by atoms with Crippen molar-refractivity contribution < 1.29 is 4.57 Å². The Hall–Kier alpha value is -3.92. The van der Waals surface area contributed by atoms with Crippen LogP contribution in [0.1, 0.15) is 5.56 Å². The number of rotatable bonds is 2. The molecule has 1 aliphatic heterocycles. The molecule has 0 aliphatic carbocycles. The van der Waals surface area contributed by atoms with Gasteiger partial charge in [-0.1, -0.05) is 78.9 Å². The third-order valence-electron chi connectivity index (χ3n) is 6.67. The molecule has 0 saturated carbocycles. The van der Waals surface area contributed by atoms with Crippen molar-refractivity contribution in [3.63, 3.8) is 0 Å². The van der Waals surface area contributed by atoms with Crippen molar-refractivity contribution in [2.75, 3.05) is 6.66 Å². The van der Waals surface area contributed by atoms with Crippen molar-refractivity contribution >= 4 is 28.5 Å². The van der Waals surface area contributed by atoms with Crippen LogP contribution in [0, 0.1) is 11.3 Å². The van der Waals surface area contributed by atoms with Crippen molar-refractivity contribution in [1.82, 2.24) is 0 Å². The van der Waals surface area contributed by atoms with Crippen LogP contribution in [0.25, 0.3) is 44.2 Å². The molecule has 1 heterocycles. The first-order valence-corrected chi connectivity index (χ1v) is 13.1. The van der Waals surface area contributed by atoms with Crippen LogP contribution >= 0.6 is 7.14 Å². The van der Waals surface area contributed by atoms with Gasteiger partial charge in [-0.25, -0.2) is 0 Å². The van der Waals surface area contributed by atoms with E-state index < -0.39 is 7.14 Å². The summed E-state index contributed by atoms with van der Waals surface area (Å²) in [5.41, 5.74) is 7.32. The lowest BCUT2D eigenvalue weighted by molar-refractivity contribution is 0.591. The lowest BCUT2D eigenvalue weighted by atomic mass is 9.91. The van der Waals surface area contributed by atoms with Crippen LogP contribution in [0.15, 0.2) is 103 Å². The second kappa shape index (κ2) is 7.31. The topological polar surface area (TPSA) is 40.9 Å².